The Morgan fingerprint density at radius 2 is 1.78 bits per heavy atom. The molecule has 5 rings (SSSR count). The van der Waals surface area contributed by atoms with Gasteiger partial charge in [0.05, 0.1) is 6.54 Å². The van der Waals surface area contributed by atoms with E-state index in [4.69, 9.17) is 26.1 Å². The third-order valence-corrected chi connectivity index (χ3v) is 4.81. The molecule has 3 heterocycles. The van der Waals surface area contributed by atoms with Gasteiger partial charge in [0.15, 0.2) is 17.1 Å². The number of rotatable bonds is 3. The van der Waals surface area contributed by atoms with Crippen molar-refractivity contribution in [3.63, 3.8) is 0 Å². The second-order valence-corrected chi connectivity index (χ2v) is 6.79. The largest absolute Gasteiger partial charge is 0.486 e. The highest BCUT2D eigenvalue weighted by atomic mass is 35.5. The molecule has 0 N–H and O–H groups in total. The van der Waals surface area contributed by atoms with Crippen LogP contribution in [0.3, 0.4) is 0 Å². The van der Waals surface area contributed by atoms with Crippen LogP contribution in [0.4, 0.5) is 0 Å². The summed E-state index contributed by atoms with van der Waals surface area (Å²) in [7, 11) is 0. The van der Waals surface area contributed by atoms with Gasteiger partial charge in [-0.15, -0.1) is 0 Å². The van der Waals surface area contributed by atoms with Crippen molar-refractivity contribution < 1.29 is 9.47 Å². The molecule has 1 aliphatic heterocycles. The second-order valence-electron chi connectivity index (χ2n) is 6.35. The first-order valence-electron chi connectivity index (χ1n) is 8.74. The van der Waals surface area contributed by atoms with Gasteiger partial charge in [0.25, 0.3) is 0 Å². The van der Waals surface area contributed by atoms with Gasteiger partial charge < -0.3 is 14.0 Å². The van der Waals surface area contributed by atoms with Gasteiger partial charge >= 0.3 is 0 Å². The molecule has 27 heavy (non-hydrogen) atoms. The Kier molecular flexibility index (Phi) is 3.94. The van der Waals surface area contributed by atoms with Crippen molar-refractivity contribution in [1.29, 1.82) is 0 Å². The van der Waals surface area contributed by atoms with Crippen LogP contribution in [-0.4, -0.2) is 27.7 Å². The van der Waals surface area contributed by atoms with E-state index >= 15 is 0 Å². The zero-order chi connectivity index (χ0) is 18.2. The Hall–Kier alpha value is -3.05. The smallest absolute Gasteiger partial charge is 0.162 e. The maximum atomic E-state index is 6.03. The first-order chi connectivity index (χ1) is 13.3. The molecule has 2 aromatic heterocycles. The molecule has 0 saturated heterocycles. The minimum absolute atomic E-state index is 0.555. The maximum absolute atomic E-state index is 6.03. The van der Waals surface area contributed by atoms with Crippen LogP contribution < -0.4 is 9.47 Å². The van der Waals surface area contributed by atoms with Crippen molar-refractivity contribution in [3.05, 3.63) is 71.4 Å². The lowest BCUT2D eigenvalue weighted by atomic mass is 10.1. The molecule has 6 heteroatoms. The van der Waals surface area contributed by atoms with Crippen molar-refractivity contribution in [3.8, 4) is 22.9 Å². The van der Waals surface area contributed by atoms with Crippen LogP contribution in [0.2, 0.25) is 5.02 Å². The van der Waals surface area contributed by atoms with E-state index in [1.54, 1.807) is 6.20 Å². The number of pyridine rings is 1. The topological polar surface area (TPSA) is 49.2 Å². The Morgan fingerprint density at radius 1 is 0.963 bits per heavy atom. The molecule has 0 amide bonds. The van der Waals surface area contributed by atoms with Crippen molar-refractivity contribution in [1.82, 2.24) is 14.5 Å². The molecule has 0 bridgehead atoms. The molecule has 4 aromatic rings. The van der Waals surface area contributed by atoms with Gasteiger partial charge in [-0.25, -0.2) is 9.97 Å². The van der Waals surface area contributed by atoms with Crippen LogP contribution in [-0.2, 0) is 6.54 Å². The summed E-state index contributed by atoms with van der Waals surface area (Å²) in [4.78, 5) is 9.37. The van der Waals surface area contributed by atoms with Gasteiger partial charge in [0, 0.05) is 16.8 Å². The normalized spacial score (nSPS) is 13.1. The number of benzene rings is 2. The van der Waals surface area contributed by atoms with Crippen molar-refractivity contribution in [2.24, 2.45) is 0 Å². The average Bonchev–Trinajstić information content (AvgIpc) is 3.08. The number of hydrogen-bond donors (Lipinski definition) is 0. The second kappa shape index (κ2) is 6.59. The minimum atomic E-state index is 0.555. The van der Waals surface area contributed by atoms with Gasteiger partial charge in [0.1, 0.15) is 24.6 Å². The third-order valence-electron chi connectivity index (χ3n) is 4.56. The van der Waals surface area contributed by atoms with E-state index < -0.39 is 0 Å². The monoisotopic (exact) mass is 377 g/mol. The Balaban J connectivity index is 1.64. The Morgan fingerprint density at radius 3 is 2.63 bits per heavy atom. The van der Waals surface area contributed by atoms with Crippen LogP contribution in [0.1, 0.15) is 5.56 Å². The Labute approximate surface area is 161 Å². The Bertz CT molecular complexity index is 1120. The van der Waals surface area contributed by atoms with Crippen molar-refractivity contribution >= 4 is 22.8 Å². The average molecular weight is 378 g/mol. The number of imidazole rings is 1. The highest BCUT2D eigenvalue weighted by Crippen LogP contribution is 2.35. The maximum Gasteiger partial charge on any atom is 0.162 e. The lowest BCUT2D eigenvalue weighted by Crippen LogP contribution is -2.15. The summed E-state index contributed by atoms with van der Waals surface area (Å²) in [6.07, 6.45) is 1.79. The molecule has 0 aliphatic carbocycles. The molecule has 2 aromatic carbocycles. The summed E-state index contributed by atoms with van der Waals surface area (Å²) in [6.45, 7) is 1.78. The predicted octanol–water partition coefficient (Wildman–Crippen LogP) is 4.57. The fraction of sp³-hybridized carbons (Fsp3) is 0.143. The standard InChI is InChI=1S/C21H16ClN3O2/c22-16-6-3-14(4-7-16)13-25-20(24-17-2-1-9-23-21(17)25)15-5-8-18-19(12-15)27-11-10-26-18/h1-9,12H,10-11,13H2. The van der Waals surface area contributed by atoms with Crippen LogP contribution in [0.25, 0.3) is 22.6 Å². The molecule has 5 nitrogen and oxygen atoms in total. The number of halogens is 1. The number of hydrogen-bond acceptors (Lipinski definition) is 4. The van der Waals surface area contributed by atoms with Crippen molar-refractivity contribution in [2.75, 3.05) is 13.2 Å². The number of ether oxygens (including phenoxy) is 2. The highest BCUT2D eigenvalue weighted by molar-refractivity contribution is 6.30. The fourth-order valence-electron chi connectivity index (χ4n) is 3.28. The lowest BCUT2D eigenvalue weighted by molar-refractivity contribution is 0.171. The van der Waals surface area contributed by atoms with E-state index in [2.05, 4.69) is 9.55 Å². The van der Waals surface area contributed by atoms with E-state index in [0.717, 1.165) is 44.6 Å². The molecule has 0 fully saturated rings. The molecule has 0 atom stereocenters. The molecule has 0 saturated carbocycles. The van der Waals surface area contributed by atoms with Gasteiger partial charge in [-0.05, 0) is 48.0 Å². The molecular weight excluding hydrogens is 362 g/mol. The van der Waals surface area contributed by atoms with E-state index in [9.17, 15) is 0 Å². The fourth-order valence-corrected chi connectivity index (χ4v) is 3.41. The molecule has 0 unspecified atom stereocenters. The molecule has 0 radical (unpaired) electrons. The van der Waals surface area contributed by atoms with Gasteiger partial charge in [-0.2, -0.15) is 0 Å². The summed E-state index contributed by atoms with van der Waals surface area (Å²) < 4.78 is 13.5. The lowest BCUT2D eigenvalue weighted by Gasteiger charge is -2.19. The number of aromatic nitrogens is 3. The summed E-state index contributed by atoms with van der Waals surface area (Å²) in [5.41, 5.74) is 3.79. The summed E-state index contributed by atoms with van der Waals surface area (Å²) in [5.74, 6) is 2.36. The van der Waals surface area contributed by atoms with Gasteiger partial charge in [-0.1, -0.05) is 23.7 Å². The zero-order valence-electron chi connectivity index (χ0n) is 14.4. The highest BCUT2D eigenvalue weighted by Gasteiger charge is 2.18. The molecule has 0 spiro atoms. The van der Waals surface area contributed by atoms with Crippen LogP contribution in [0, 0.1) is 0 Å². The number of fused-ring (bicyclic) bond motifs is 2. The van der Waals surface area contributed by atoms with Crippen LogP contribution in [0.5, 0.6) is 11.5 Å². The summed E-state index contributed by atoms with van der Waals surface area (Å²) in [5, 5.41) is 0.722. The van der Waals surface area contributed by atoms with Gasteiger partial charge in [-0.3, -0.25) is 0 Å². The van der Waals surface area contributed by atoms with Crippen molar-refractivity contribution in [2.45, 2.75) is 6.54 Å². The molecule has 134 valence electrons. The quantitative estimate of drug-likeness (QED) is 0.524. The van der Waals surface area contributed by atoms with Crippen LogP contribution >= 0.6 is 11.6 Å². The predicted molar refractivity (Wildman–Crippen MR) is 105 cm³/mol. The SMILES string of the molecule is Clc1ccc(Cn2c(-c3ccc4c(c3)OCCO4)nc3cccnc32)cc1. The summed E-state index contributed by atoms with van der Waals surface area (Å²) >= 11 is 6.03. The minimum Gasteiger partial charge on any atom is -0.486 e. The van der Waals surface area contributed by atoms with E-state index in [-0.39, 0.29) is 0 Å². The first-order valence-corrected chi connectivity index (χ1v) is 9.11. The van der Waals surface area contributed by atoms with E-state index in [0.29, 0.717) is 19.8 Å². The third kappa shape index (κ3) is 3.00. The first kappa shape index (κ1) is 16.1. The molecular formula is C21H16ClN3O2. The number of nitrogens with zero attached hydrogens (tertiary/aromatic N) is 3. The summed E-state index contributed by atoms with van der Waals surface area (Å²) in [6, 6.07) is 17.6. The van der Waals surface area contributed by atoms with Crippen LogP contribution in [0.15, 0.2) is 60.8 Å². The van der Waals surface area contributed by atoms with E-state index in [1.807, 2.05) is 54.6 Å². The van der Waals surface area contributed by atoms with E-state index in [1.165, 1.54) is 0 Å². The van der Waals surface area contributed by atoms with Gasteiger partial charge in [0.2, 0.25) is 0 Å². The molecule has 1 aliphatic rings. The zero-order valence-corrected chi connectivity index (χ0v) is 15.2.